The Morgan fingerprint density at radius 2 is 1.89 bits per heavy atom. The largest absolute Gasteiger partial charge is 0.389 e. The van der Waals surface area contributed by atoms with Crippen molar-refractivity contribution in [3.05, 3.63) is 0 Å². The molecule has 0 saturated carbocycles. The molecule has 3 nitrogen and oxygen atoms in total. The van der Waals surface area contributed by atoms with Gasteiger partial charge in [-0.1, -0.05) is 19.6 Å². The maximum absolute atomic E-state index is 9.18. The van der Waals surface area contributed by atoms with Gasteiger partial charge >= 0.3 is 0 Å². The topological polar surface area (TPSA) is 70.1 Å². The van der Waals surface area contributed by atoms with E-state index < -0.39 is 13.8 Å². The van der Waals surface area contributed by atoms with E-state index in [0.29, 0.717) is 0 Å². The van der Waals surface area contributed by atoms with Gasteiger partial charge in [-0.2, -0.15) is 0 Å². The minimum absolute atomic E-state index is 0.103. The van der Waals surface area contributed by atoms with Gasteiger partial charge in [0, 0.05) is 0 Å². The Morgan fingerprint density at radius 3 is 1.89 bits per heavy atom. The first-order chi connectivity index (χ1) is 3.85. The van der Waals surface area contributed by atoms with Crippen LogP contribution in [0.15, 0.2) is 0 Å². The van der Waals surface area contributed by atoms with Crippen molar-refractivity contribution in [3.63, 3.8) is 0 Å². The number of nitrogens with one attached hydrogen (secondary N) is 1. The highest BCUT2D eigenvalue weighted by molar-refractivity contribution is 6.80. The summed E-state index contributed by atoms with van der Waals surface area (Å²) in [5.41, 5.74) is 4.41. The molecule has 0 aliphatic rings. The number of rotatable bonds is 2. The van der Waals surface area contributed by atoms with E-state index in [1.54, 1.807) is 0 Å². The van der Waals surface area contributed by atoms with Crippen molar-refractivity contribution in [1.29, 1.82) is 5.41 Å². The molecule has 0 aromatic heterocycles. The lowest BCUT2D eigenvalue weighted by Crippen LogP contribution is -2.47. The molecule has 0 bridgehead atoms. The monoisotopic (exact) mass is 146 g/mol. The van der Waals surface area contributed by atoms with Crippen LogP contribution >= 0.6 is 0 Å². The molecule has 0 saturated heterocycles. The number of hydrogen-bond donors (Lipinski definition) is 3. The first-order valence-corrected chi connectivity index (χ1v) is 6.45. The predicted molar refractivity (Wildman–Crippen MR) is 41.3 cm³/mol. The maximum Gasteiger partial charge on any atom is 0.116 e. The van der Waals surface area contributed by atoms with E-state index in [1.165, 1.54) is 0 Å². The van der Waals surface area contributed by atoms with Crippen LogP contribution in [-0.2, 0) is 0 Å². The van der Waals surface area contributed by atoms with Gasteiger partial charge in [0.1, 0.15) is 5.84 Å². The fourth-order valence-electron chi connectivity index (χ4n) is 0.467. The average Bonchev–Trinajstić information content (AvgIpc) is 1.62. The Bertz CT molecular complexity index is 119. The summed E-state index contributed by atoms with van der Waals surface area (Å²) in [6, 6.07) is 0. The molecular weight excluding hydrogens is 132 g/mol. The highest BCUT2D eigenvalue weighted by atomic mass is 28.3. The normalized spacial score (nSPS) is 15.1. The van der Waals surface area contributed by atoms with Crippen molar-refractivity contribution in [1.82, 2.24) is 0 Å². The van der Waals surface area contributed by atoms with Gasteiger partial charge in [-0.25, -0.2) is 0 Å². The van der Waals surface area contributed by atoms with E-state index in [-0.39, 0.29) is 5.84 Å². The molecule has 0 radical (unpaired) electrons. The second kappa shape index (κ2) is 2.49. The minimum atomic E-state index is -1.62. The quantitative estimate of drug-likeness (QED) is 0.295. The molecule has 0 rings (SSSR count). The van der Waals surface area contributed by atoms with Gasteiger partial charge in [-0.3, -0.25) is 5.41 Å². The molecule has 0 spiro atoms. The molecule has 1 unspecified atom stereocenters. The van der Waals surface area contributed by atoms with Gasteiger partial charge in [-0.15, -0.1) is 0 Å². The first kappa shape index (κ1) is 8.65. The van der Waals surface area contributed by atoms with Gasteiger partial charge in [0.15, 0.2) is 0 Å². The Kier molecular flexibility index (Phi) is 2.39. The highest BCUT2D eigenvalue weighted by Gasteiger charge is 2.26. The van der Waals surface area contributed by atoms with Crippen LogP contribution in [0.2, 0.25) is 19.6 Å². The molecule has 0 amide bonds. The van der Waals surface area contributed by atoms with Gasteiger partial charge in [0.25, 0.3) is 0 Å². The molecule has 0 aliphatic carbocycles. The average molecular weight is 146 g/mol. The number of nitrogens with two attached hydrogens (primary N) is 1. The van der Waals surface area contributed by atoms with Crippen molar-refractivity contribution in [2.75, 3.05) is 0 Å². The van der Waals surface area contributed by atoms with Crippen LogP contribution in [0, 0.1) is 5.41 Å². The zero-order valence-electron chi connectivity index (χ0n) is 6.10. The number of hydrogen-bond acceptors (Lipinski definition) is 2. The third-order valence-electron chi connectivity index (χ3n) is 1.11. The first-order valence-electron chi connectivity index (χ1n) is 2.87. The fraction of sp³-hybridized carbons (Fsp3) is 0.800. The summed E-state index contributed by atoms with van der Waals surface area (Å²) in [4.78, 5) is 0. The van der Waals surface area contributed by atoms with Gasteiger partial charge in [0.2, 0.25) is 0 Å². The second-order valence-electron chi connectivity index (χ2n) is 3.22. The summed E-state index contributed by atoms with van der Waals surface area (Å²) < 4.78 is 0. The fourth-order valence-corrected chi connectivity index (χ4v) is 1.40. The maximum atomic E-state index is 9.18. The van der Waals surface area contributed by atoms with Gasteiger partial charge in [0.05, 0.1) is 13.8 Å². The SMILES string of the molecule is C[Si](C)(C)C(O)C(=N)N. The van der Waals surface area contributed by atoms with Crippen molar-refractivity contribution in [3.8, 4) is 0 Å². The summed E-state index contributed by atoms with van der Waals surface area (Å²) in [6.07, 6.45) is 0. The van der Waals surface area contributed by atoms with E-state index in [9.17, 15) is 5.11 Å². The Morgan fingerprint density at radius 1 is 1.56 bits per heavy atom. The van der Waals surface area contributed by atoms with E-state index in [2.05, 4.69) is 0 Å². The number of aliphatic hydroxyl groups excluding tert-OH is 1. The summed E-state index contributed by atoms with van der Waals surface area (Å²) in [7, 11) is -1.62. The summed E-state index contributed by atoms with van der Waals surface area (Å²) in [5, 5.41) is 16.1. The van der Waals surface area contributed by atoms with E-state index in [1.807, 2.05) is 19.6 Å². The molecule has 0 aromatic carbocycles. The van der Waals surface area contributed by atoms with Gasteiger partial charge in [-0.05, 0) is 0 Å². The van der Waals surface area contributed by atoms with Crippen LogP contribution in [0.3, 0.4) is 0 Å². The standard InChI is InChI=1S/C5H14N2OSi/c1-9(2,3)5(8)4(6)7/h5,8H,1-3H3,(H3,6,7). The van der Waals surface area contributed by atoms with Crippen molar-refractivity contribution < 1.29 is 5.11 Å². The molecule has 4 heteroatoms. The van der Waals surface area contributed by atoms with E-state index >= 15 is 0 Å². The zero-order valence-corrected chi connectivity index (χ0v) is 7.10. The lowest BCUT2D eigenvalue weighted by Gasteiger charge is -2.21. The molecule has 4 N–H and O–H groups in total. The van der Waals surface area contributed by atoms with Crippen LogP contribution in [-0.4, -0.2) is 24.7 Å². The van der Waals surface area contributed by atoms with Gasteiger partial charge < -0.3 is 10.8 Å². The molecule has 0 heterocycles. The highest BCUT2D eigenvalue weighted by Crippen LogP contribution is 2.05. The third-order valence-corrected chi connectivity index (χ3v) is 3.07. The Balaban J connectivity index is 4.04. The van der Waals surface area contributed by atoms with Crippen LogP contribution < -0.4 is 5.73 Å². The summed E-state index contributed by atoms with van der Waals surface area (Å²) in [6.45, 7) is 5.91. The number of amidine groups is 1. The lowest BCUT2D eigenvalue weighted by atomic mass is 10.7. The third kappa shape index (κ3) is 2.62. The molecule has 54 valence electrons. The van der Waals surface area contributed by atoms with Crippen LogP contribution in [0.25, 0.3) is 0 Å². The van der Waals surface area contributed by atoms with Crippen molar-refractivity contribution in [2.45, 2.75) is 25.4 Å². The van der Waals surface area contributed by atoms with E-state index in [4.69, 9.17) is 11.1 Å². The minimum Gasteiger partial charge on any atom is -0.389 e. The zero-order chi connectivity index (χ0) is 7.65. The summed E-state index contributed by atoms with van der Waals surface area (Å²) >= 11 is 0. The molecule has 0 aromatic rings. The molecular formula is C5H14N2OSi. The number of aliphatic hydroxyl groups is 1. The second-order valence-corrected chi connectivity index (χ2v) is 8.50. The van der Waals surface area contributed by atoms with Crippen LogP contribution in [0.1, 0.15) is 0 Å². The molecule has 0 aliphatic heterocycles. The predicted octanol–water partition coefficient (Wildman–Crippen LogP) is 0.161. The summed E-state index contributed by atoms with van der Waals surface area (Å²) in [5.74, 6) is -0.103. The Labute approximate surface area is 56.4 Å². The molecule has 0 fully saturated rings. The van der Waals surface area contributed by atoms with Crippen LogP contribution in [0.5, 0.6) is 0 Å². The van der Waals surface area contributed by atoms with Crippen LogP contribution in [0.4, 0.5) is 0 Å². The molecule has 9 heavy (non-hydrogen) atoms. The Hall–Kier alpha value is -0.353. The lowest BCUT2D eigenvalue weighted by molar-refractivity contribution is 0.305. The van der Waals surface area contributed by atoms with Crippen molar-refractivity contribution in [2.24, 2.45) is 5.73 Å². The molecule has 1 atom stereocenters. The van der Waals surface area contributed by atoms with Crippen molar-refractivity contribution >= 4 is 13.9 Å². The smallest absolute Gasteiger partial charge is 0.116 e. The van der Waals surface area contributed by atoms with E-state index in [0.717, 1.165) is 0 Å².